The zero-order valence-electron chi connectivity index (χ0n) is 14.7. The van der Waals surface area contributed by atoms with E-state index in [2.05, 4.69) is 43.7 Å². The lowest BCUT2D eigenvalue weighted by Gasteiger charge is -2.03. The van der Waals surface area contributed by atoms with Crippen molar-refractivity contribution >= 4 is 21.6 Å². The average Bonchev–Trinajstić information content (AvgIpc) is 2.54. The highest BCUT2D eigenvalue weighted by atomic mass is 33.1. The highest BCUT2D eigenvalue weighted by Crippen LogP contribution is 2.18. The lowest BCUT2D eigenvalue weighted by molar-refractivity contribution is -0.651. The first-order chi connectivity index (χ1) is 10.9. The molecule has 0 rings (SSSR count). The molecule has 0 fully saturated rings. The number of quaternary nitrogens is 4. The Hall–Kier alpha value is 0.540. The fraction of sp³-hybridized carbons (Fsp3) is 1.00. The molecule has 134 valence electrons. The Morgan fingerprint density at radius 3 is 1.32 bits per heavy atom. The molecule has 0 saturated carbocycles. The fourth-order valence-electron chi connectivity index (χ4n) is 2.31. The summed E-state index contributed by atoms with van der Waals surface area (Å²) in [4.78, 5) is 0. The molecule has 0 saturated heterocycles. The molecule has 0 bridgehead atoms. The van der Waals surface area contributed by atoms with Crippen LogP contribution in [-0.2, 0) is 0 Å². The van der Waals surface area contributed by atoms with Gasteiger partial charge >= 0.3 is 0 Å². The fourth-order valence-corrected chi connectivity index (χ4v) is 4.35. The Morgan fingerprint density at radius 2 is 0.909 bits per heavy atom. The molecule has 6 heteroatoms. The number of nitrogens with two attached hydrogens (primary N) is 2. The smallest absolute Gasteiger partial charge is 0.0855 e. The van der Waals surface area contributed by atoms with Crippen molar-refractivity contribution in [1.82, 2.24) is 0 Å². The van der Waals surface area contributed by atoms with Gasteiger partial charge in [0, 0.05) is 0 Å². The third-order valence-electron chi connectivity index (χ3n) is 3.71. The van der Waals surface area contributed by atoms with Crippen LogP contribution >= 0.6 is 21.6 Å². The van der Waals surface area contributed by atoms with Gasteiger partial charge in [0.25, 0.3) is 0 Å². The van der Waals surface area contributed by atoms with Crippen molar-refractivity contribution in [2.24, 2.45) is 0 Å². The monoisotopic (exact) mass is 354 g/mol. The van der Waals surface area contributed by atoms with Gasteiger partial charge in [0.05, 0.1) is 50.8 Å². The van der Waals surface area contributed by atoms with Crippen molar-refractivity contribution in [3.05, 3.63) is 0 Å². The van der Waals surface area contributed by atoms with Crippen molar-refractivity contribution in [2.75, 3.05) is 50.8 Å². The van der Waals surface area contributed by atoms with Gasteiger partial charge in [0.15, 0.2) is 0 Å². The average molecular weight is 355 g/mol. The first-order valence-corrected chi connectivity index (χ1v) is 11.9. The summed E-state index contributed by atoms with van der Waals surface area (Å²) in [6.45, 7) is 7.39. The molecule has 0 radical (unpaired) electrons. The van der Waals surface area contributed by atoms with Crippen LogP contribution in [0.4, 0.5) is 0 Å². The predicted octanol–water partition coefficient (Wildman–Crippen LogP) is -0.901. The van der Waals surface area contributed by atoms with E-state index in [0.29, 0.717) is 0 Å². The summed E-state index contributed by atoms with van der Waals surface area (Å²) in [6, 6.07) is 0. The highest BCUT2D eigenvalue weighted by molar-refractivity contribution is 8.76. The Bertz CT molecular complexity index is 177. The van der Waals surface area contributed by atoms with Crippen LogP contribution in [0.1, 0.15) is 51.4 Å². The summed E-state index contributed by atoms with van der Waals surface area (Å²) in [5.41, 5.74) is 7.77. The Morgan fingerprint density at radius 1 is 0.500 bits per heavy atom. The molecule has 10 N–H and O–H groups in total. The molecular formula is C16H42N4S2+4. The van der Waals surface area contributed by atoms with E-state index >= 15 is 0 Å². The second-order valence-electron chi connectivity index (χ2n) is 5.91. The minimum atomic E-state index is 1.10. The van der Waals surface area contributed by atoms with Crippen molar-refractivity contribution in [1.29, 1.82) is 0 Å². The van der Waals surface area contributed by atoms with Crippen molar-refractivity contribution < 1.29 is 22.1 Å². The van der Waals surface area contributed by atoms with Crippen LogP contribution in [0.3, 0.4) is 0 Å². The first kappa shape index (κ1) is 22.5. The minimum Gasteiger partial charge on any atom is -0.358 e. The second-order valence-corrected chi connectivity index (χ2v) is 8.61. The zero-order chi connectivity index (χ0) is 16.1. The Balaban J connectivity index is 2.91. The largest absolute Gasteiger partial charge is 0.358 e. The molecule has 22 heavy (non-hydrogen) atoms. The number of hydrogen-bond acceptors (Lipinski definition) is 2. The van der Waals surface area contributed by atoms with Crippen molar-refractivity contribution in [2.45, 2.75) is 51.4 Å². The van der Waals surface area contributed by atoms with Gasteiger partial charge in [0.1, 0.15) is 0 Å². The third kappa shape index (κ3) is 20.5. The normalized spacial score (nSPS) is 11.2. The van der Waals surface area contributed by atoms with Gasteiger partial charge in [-0.15, -0.1) is 0 Å². The van der Waals surface area contributed by atoms with Crippen LogP contribution < -0.4 is 22.1 Å². The van der Waals surface area contributed by atoms with Crippen LogP contribution in [0.5, 0.6) is 0 Å². The molecule has 0 unspecified atom stereocenters. The summed E-state index contributed by atoms with van der Waals surface area (Å²) < 4.78 is 0. The maximum atomic E-state index is 3.88. The summed E-state index contributed by atoms with van der Waals surface area (Å²) in [7, 11) is 4.10. The first-order valence-electron chi connectivity index (χ1n) is 9.38. The molecule has 0 atom stereocenters. The summed E-state index contributed by atoms with van der Waals surface area (Å²) in [5, 5.41) is 4.96. The van der Waals surface area contributed by atoms with Crippen LogP contribution in [0, 0.1) is 0 Å². The van der Waals surface area contributed by atoms with Crippen LogP contribution in [0.15, 0.2) is 0 Å². The summed E-state index contributed by atoms with van der Waals surface area (Å²) >= 11 is 0. The molecule has 0 aromatic heterocycles. The number of hydrogen-bond donors (Lipinski definition) is 4. The molecule has 0 aromatic carbocycles. The SMILES string of the molecule is [NH3+]CCCCCC[NH2+]CCSSCC[NH2+]CCCCCC[NH3+]. The second kappa shape index (κ2) is 21.5. The Kier molecular flexibility index (Phi) is 22.1. The van der Waals surface area contributed by atoms with Gasteiger partial charge in [-0.05, 0) is 51.4 Å². The van der Waals surface area contributed by atoms with Crippen LogP contribution in [-0.4, -0.2) is 50.8 Å². The molecule has 0 aliphatic rings. The van der Waals surface area contributed by atoms with Gasteiger partial charge in [0.2, 0.25) is 0 Å². The Labute approximate surface area is 146 Å². The van der Waals surface area contributed by atoms with E-state index in [1.54, 1.807) is 0 Å². The van der Waals surface area contributed by atoms with Gasteiger partial charge in [-0.3, -0.25) is 0 Å². The number of unbranched alkanes of at least 4 members (excludes halogenated alkanes) is 6. The molecule has 4 nitrogen and oxygen atoms in total. The van der Waals surface area contributed by atoms with Crippen molar-refractivity contribution in [3.8, 4) is 0 Å². The summed E-state index contributed by atoms with van der Waals surface area (Å²) in [6.07, 6.45) is 10.9. The highest BCUT2D eigenvalue weighted by Gasteiger charge is 1.97. The van der Waals surface area contributed by atoms with E-state index in [1.807, 2.05) is 0 Å². The maximum Gasteiger partial charge on any atom is 0.0855 e. The lowest BCUT2D eigenvalue weighted by atomic mass is 10.2. The molecule has 0 aliphatic carbocycles. The van der Waals surface area contributed by atoms with Gasteiger partial charge < -0.3 is 22.1 Å². The van der Waals surface area contributed by atoms with E-state index in [-0.39, 0.29) is 0 Å². The molecule has 0 aromatic rings. The zero-order valence-corrected chi connectivity index (χ0v) is 16.3. The standard InChI is InChI=1S/C16H38N4S2/c17-9-5-1-3-7-11-19-13-15-21-22-16-14-20-12-8-4-2-6-10-18/h19-20H,1-18H2/p+4. The molecule has 0 spiro atoms. The van der Waals surface area contributed by atoms with E-state index in [0.717, 1.165) is 13.1 Å². The molecule has 0 amide bonds. The van der Waals surface area contributed by atoms with Gasteiger partial charge in [-0.2, -0.15) is 0 Å². The predicted molar refractivity (Wildman–Crippen MR) is 101 cm³/mol. The quantitative estimate of drug-likeness (QED) is 0.179. The topological polar surface area (TPSA) is 88.5 Å². The molecule has 0 aliphatic heterocycles. The number of rotatable bonds is 19. The molecule has 0 heterocycles. The van der Waals surface area contributed by atoms with E-state index in [9.17, 15) is 0 Å². The van der Waals surface area contributed by atoms with Crippen molar-refractivity contribution in [3.63, 3.8) is 0 Å². The van der Waals surface area contributed by atoms with Gasteiger partial charge in [-0.1, -0.05) is 21.6 Å². The van der Waals surface area contributed by atoms with E-state index in [1.165, 1.54) is 89.1 Å². The van der Waals surface area contributed by atoms with E-state index < -0.39 is 0 Å². The van der Waals surface area contributed by atoms with E-state index in [4.69, 9.17) is 0 Å². The van der Waals surface area contributed by atoms with Crippen LogP contribution in [0.25, 0.3) is 0 Å². The van der Waals surface area contributed by atoms with Crippen LogP contribution in [0.2, 0.25) is 0 Å². The third-order valence-corrected chi connectivity index (χ3v) is 6.18. The maximum absolute atomic E-state index is 3.88. The molecular weight excluding hydrogens is 312 g/mol. The minimum absolute atomic E-state index is 1.10. The summed E-state index contributed by atoms with van der Waals surface area (Å²) in [5.74, 6) is 2.57. The van der Waals surface area contributed by atoms with Gasteiger partial charge in [-0.25, -0.2) is 0 Å². The lowest BCUT2D eigenvalue weighted by Crippen LogP contribution is -2.85.